The number of hydrogen-bond donors (Lipinski definition) is 0. The average Bonchev–Trinajstić information content (AvgIpc) is 3.14. The van der Waals surface area contributed by atoms with Crippen LogP contribution in [-0.2, 0) is 19.9 Å². The van der Waals surface area contributed by atoms with Gasteiger partial charge in [-0.1, -0.05) is 43.7 Å². The van der Waals surface area contributed by atoms with Crippen molar-refractivity contribution in [2.75, 3.05) is 7.11 Å². The second kappa shape index (κ2) is 8.64. The Hall–Kier alpha value is -1.93. The second-order valence-electron chi connectivity index (χ2n) is 5.66. The third-order valence-corrected chi connectivity index (χ3v) is 4.84. The molecule has 2 rings (SSSR count). The fraction of sp³-hybridized carbons (Fsp3) is 0.444. The maximum Gasteiger partial charge on any atom is 0.432 e. The Balaban J connectivity index is 2.40. The summed E-state index contributed by atoms with van der Waals surface area (Å²) in [7, 11) is 0.853. The monoisotopic (exact) mass is 387 g/mol. The van der Waals surface area contributed by atoms with Crippen LogP contribution in [-0.4, -0.2) is 24.2 Å². The van der Waals surface area contributed by atoms with E-state index in [0.29, 0.717) is 17.8 Å². The molecule has 8 heteroatoms. The van der Waals surface area contributed by atoms with Crippen LogP contribution < -0.4 is 0 Å². The Morgan fingerprint density at radius 1 is 1.27 bits per heavy atom. The van der Waals surface area contributed by atoms with E-state index >= 15 is 0 Å². The Bertz CT molecular complexity index is 691. The van der Waals surface area contributed by atoms with Crippen molar-refractivity contribution in [1.29, 1.82) is 0 Å². The number of methoxy groups -OCH3 is 1. The summed E-state index contributed by atoms with van der Waals surface area (Å²) in [4.78, 5) is 16.8. The number of aromatic nitrogens is 1. The molecule has 1 aromatic carbocycles. The Morgan fingerprint density at radius 3 is 2.46 bits per heavy atom. The zero-order valence-corrected chi connectivity index (χ0v) is 15.3. The van der Waals surface area contributed by atoms with Crippen LogP contribution in [0.25, 0.3) is 0 Å². The molecule has 0 saturated carbocycles. The number of carbonyl (C=O) groups is 1. The molecular weight excluding hydrogens is 367 g/mol. The molecule has 0 spiro atoms. The van der Waals surface area contributed by atoms with Gasteiger partial charge in [0.15, 0.2) is 6.10 Å². The van der Waals surface area contributed by atoms with Gasteiger partial charge in [-0.2, -0.15) is 13.2 Å². The van der Waals surface area contributed by atoms with Crippen molar-refractivity contribution in [3.05, 3.63) is 52.5 Å². The first-order valence-electron chi connectivity index (χ1n) is 8.14. The van der Waals surface area contributed by atoms with Crippen LogP contribution in [0.3, 0.4) is 0 Å². The van der Waals surface area contributed by atoms with Gasteiger partial charge in [0.1, 0.15) is 5.01 Å². The van der Waals surface area contributed by atoms with Gasteiger partial charge in [0.25, 0.3) is 5.60 Å². The van der Waals surface area contributed by atoms with E-state index in [0.717, 1.165) is 13.5 Å². The number of alkyl halides is 3. The van der Waals surface area contributed by atoms with Gasteiger partial charge >= 0.3 is 12.1 Å². The van der Waals surface area contributed by atoms with Crippen LogP contribution in [0.5, 0.6) is 0 Å². The molecule has 0 amide bonds. The lowest BCUT2D eigenvalue weighted by atomic mass is 9.92. The van der Waals surface area contributed by atoms with Gasteiger partial charge in [0.2, 0.25) is 0 Å². The van der Waals surface area contributed by atoms with Crippen LogP contribution in [0.4, 0.5) is 13.2 Å². The predicted octanol–water partition coefficient (Wildman–Crippen LogP) is 5.02. The van der Waals surface area contributed by atoms with E-state index in [9.17, 15) is 18.0 Å². The summed E-state index contributed by atoms with van der Waals surface area (Å²) in [6.45, 7) is 1.94. The summed E-state index contributed by atoms with van der Waals surface area (Å²) in [5, 5.41) is 2.15. The molecule has 142 valence electrons. The average molecular weight is 387 g/mol. The Morgan fingerprint density at radius 2 is 1.96 bits per heavy atom. The number of unbranched alkanes of at least 4 members (excludes halogenated alkanes) is 1. The number of halogens is 3. The van der Waals surface area contributed by atoms with E-state index in [-0.39, 0.29) is 5.56 Å². The number of carbonyl (C=O) groups excluding carboxylic acids is 1. The summed E-state index contributed by atoms with van der Waals surface area (Å²) < 4.78 is 51.8. The van der Waals surface area contributed by atoms with Crippen molar-refractivity contribution in [2.45, 2.75) is 44.1 Å². The third kappa shape index (κ3) is 4.07. The molecule has 2 aromatic rings. The van der Waals surface area contributed by atoms with Crippen molar-refractivity contribution in [1.82, 2.24) is 4.98 Å². The van der Waals surface area contributed by atoms with Crippen LogP contribution in [0.2, 0.25) is 0 Å². The van der Waals surface area contributed by atoms with E-state index in [4.69, 9.17) is 9.47 Å². The first-order valence-corrected chi connectivity index (χ1v) is 9.02. The van der Waals surface area contributed by atoms with Crippen molar-refractivity contribution in [2.24, 2.45) is 0 Å². The zero-order chi connectivity index (χ0) is 19.2. The van der Waals surface area contributed by atoms with Gasteiger partial charge < -0.3 is 9.47 Å². The van der Waals surface area contributed by atoms with Crippen molar-refractivity contribution < 1.29 is 27.4 Å². The van der Waals surface area contributed by atoms with E-state index in [1.165, 1.54) is 41.8 Å². The van der Waals surface area contributed by atoms with Gasteiger partial charge in [0, 0.05) is 24.3 Å². The van der Waals surface area contributed by atoms with E-state index < -0.39 is 23.9 Å². The summed E-state index contributed by atoms with van der Waals surface area (Å²) in [6, 6.07) is 6.78. The highest BCUT2D eigenvalue weighted by Crippen LogP contribution is 2.44. The number of ether oxygens (including phenoxy) is 2. The van der Waals surface area contributed by atoms with E-state index in [1.54, 1.807) is 11.4 Å². The fourth-order valence-corrected chi connectivity index (χ4v) is 3.32. The lowest BCUT2D eigenvalue weighted by molar-refractivity contribution is -0.278. The molecule has 0 bridgehead atoms. The SMILES string of the molecule is CCCC[C@H](OC(=O)[C@](OC)(c1ccccc1)C(F)(F)F)c1nccs1. The Kier molecular flexibility index (Phi) is 6.77. The van der Waals surface area contributed by atoms with Gasteiger partial charge in [0.05, 0.1) is 0 Å². The number of rotatable bonds is 8. The molecule has 0 fully saturated rings. The maximum absolute atomic E-state index is 13.9. The number of esters is 1. The molecule has 26 heavy (non-hydrogen) atoms. The van der Waals surface area contributed by atoms with Gasteiger partial charge in [-0.3, -0.25) is 0 Å². The number of thiazole rings is 1. The minimum absolute atomic E-state index is 0.326. The molecule has 0 unspecified atom stereocenters. The molecule has 2 atom stereocenters. The quantitative estimate of drug-likeness (QED) is 0.597. The molecule has 0 saturated heterocycles. The molecule has 1 aromatic heterocycles. The van der Waals surface area contributed by atoms with Gasteiger partial charge in [-0.25, -0.2) is 9.78 Å². The highest BCUT2D eigenvalue weighted by molar-refractivity contribution is 7.09. The fourth-order valence-electron chi connectivity index (χ4n) is 2.62. The normalized spacial score (nSPS) is 15.3. The molecule has 0 radical (unpaired) electrons. The number of benzene rings is 1. The number of hydrogen-bond acceptors (Lipinski definition) is 5. The minimum atomic E-state index is -4.99. The lowest BCUT2D eigenvalue weighted by Crippen LogP contribution is -2.52. The van der Waals surface area contributed by atoms with Crippen molar-refractivity contribution >= 4 is 17.3 Å². The second-order valence-corrected chi connectivity index (χ2v) is 6.58. The molecule has 0 aliphatic heterocycles. The van der Waals surface area contributed by atoms with Gasteiger partial charge in [-0.05, 0) is 12.8 Å². The van der Waals surface area contributed by atoms with Crippen LogP contribution >= 0.6 is 11.3 Å². The highest BCUT2D eigenvalue weighted by atomic mass is 32.1. The van der Waals surface area contributed by atoms with E-state index in [1.807, 2.05) is 6.92 Å². The Labute approximate surface area is 154 Å². The van der Waals surface area contributed by atoms with Crippen molar-refractivity contribution in [3.8, 4) is 0 Å². The van der Waals surface area contributed by atoms with E-state index in [2.05, 4.69) is 4.98 Å². The summed E-state index contributed by atoms with van der Waals surface area (Å²) in [6.07, 6.45) is -2.41. The topological polar surface area (TPSA) is 48.4 Å². The van der Waals surface area contributed by atoms with Crippen molar-refractivity contribution in [3.63, 3.8) is 0 Å². The minimum Gasteiger partial charge on any atom is -0.452 e. The standard InChI is InChI=1S/C18H20F3NO3S/c1-3-4-10-14(15-22-11-12-26-15)25-16(23)17(24-2,18(19,20)21)13-8-6-5-7-9-13/h5-9,11-12,14H,3-4,10H2,1-2H3/t14-,17+/m0/s1. The molecule has 0 aliphatic rings. The third-order valence-electron chi connectivity index (χ3n) is 3.97. The lowest BCUT2D eigenvalue weighted by Gasteiger charge is -2.33. The maximum atomic E-state index is 13.9. The first-order chi connectivity index (χ1) is 12.4. The summed E-state index contributed by atoms with van der Waals surface area (Å²) in [5.41, 5.74) is -3.51. The highest BCUT2D eigenvalue weighted by Gasteiger charge is 2.64. The van der Waals surface area contributed by atoms with Crippen LogP contribution in [0.15, 0.2) is 41.9 Å². The first kappa shape index (κ1) is 20.4. The molecule has 1 heterocycles. The van der Waals surface area contributed by atoms with Crippen LogP contribution in [0.1, 0.15) is 42.9 Å². The smallest absolute Gasteiger partial charge is 0.432 e. The van der Waals surface area contributed by atoms with Crippen LogP contribution in [0, 0.1) is 0 Å². The molecule has 0 aliphatic carbocycles. The largest absolute Gasteiger partial charge is 0.452 e. The molecule has 4 nitrogen and oxygen atoms in total. The molecular formula is C18H20F3NO3S. The predicted molar refractivity (Wildman–Crippen MR) is 91.7 cm³/mol. The summed E-state index contributed by atoms with van der Waals surface area (Å²) in [5.74, 6) is -1.49. The molecule has 0 N–H and O–H groups in total. The number of nitrogens with zero attached hydrogens (tertiary/aromatic N) is 1. The zero-order valence-electron chi connectivity index (χ0n) is 14.5. The summed E-state index contributed by atoms with van der Waals surface area (Å²) >= 11 is 1.23. The van der Waals surface area contributed by atoms with Gasteiger partial charge in [-0.15, -0.1) is 11.3 Å².